The summed E-state index contributed by atoms with van der Waals surface area (Å²) in [5, 5.41) is 3.15. The van der Waals surface area contributed by atoms with Gasteiger partial charge in [0.15, 0.2) is 5.84 Å². The molecule has 0 aliphatic carbocycles. The van der Waals surface area contributed by atoms with E-state index in [4.69, 9.17) is 0 Å². The van der Waals surface area contributed by atoms with Gasteiger partial charge < -0.3 is 10.2 Å². The number of benzene rings is 1. The van der Waals surface area contributed by atoms with Gasteiger partial charge in [-0.15, -0.1) is 4.40 Å². The van der Waals surface area contributed by atoms with Crippen LogP contribution in [0.3, 0.4) is 0 Å². The molecular weight excluding hydrogens is 374 g/mol. The molecule has 1 saturated heterocycles. The monoisotopic (exact) mass is 405 g/mol. The summed E-state index contributed by atoms with van der Waals surface area (Å²) in [6.07, 6.45) is 4.75. The van der Waals surface area contributed by atoms with Crippen molar-refractivity contribution in [1.82, 2.24) is 10.2 Å². The molecule has 0 saturated carbocycles. The highest BCUT2D eigenvalue weighted by molar-refractivity contribution is 7.90. The summed E-state index contributed by atoms with van der Waals surface area (Å²) in [6, 6.07) is 7.14. The maximum absolute atomic E-state index is 12.6. The Morgan fingerprint density at radius 1 is 1.18 bits per heavy atom. The normalized spacial score (nSPS) is 20.0. The molecule has 0 spiro atoms. The molecule has 0 radical (unpaired) electrons. The van der Waals surface area contributed by atoms with E-state index >= 15 is 0 Å². The van der Waals surface area contributed by atoms with Crippen LogP contribution >= 0.6 is 0 Å². The maximum Gasteiger partial charge on any atom is 0.285 e. The van der Waals surface area contributed by atoms with Crippen molar-refractivity contribution in [3.05, 3.63) is 29.8 Å². The summed E-state index contributed by atoms with van der Waals surface area (Å²) in [5.41, 5.74) is 0.671. The second kappa shape index (κ2) is 8.64. The molecule has 2 heterocycles. The fourth-order valence-corrected chi connectivity index (χ4v) is 5.16. The van der Waals surface area contributed by atoms with Gasteiger partial charge in [0.1, 0.15) is 4.90 Å². The molecule has 1 aromatic rings. The lowest BCUT2D eigenvalue weighted by atomic mass is 9.94. The first kappa shape index (κ1) is 20.8. The van der Waals surface area contributed by atoms with Gasteiger partial charge in [0.25, 0.3) is 10.0 Å². The number of nitrogens with one attached hydrogen (secondary N) is 1. The van der Waals surface area contributed by atoms with Crippen LogP contribution in [0.4, 0.5) is 0 Å². The molecule has 1 aromatic carbocycles. The zero-order valence-electron chi connectivity index (χ0n) is 17.0. The minimum Gasteiger partial charge on any atom is -0.355 e. The van der Waals surface area contributed by atoms with E-state index in [2.05, 4.69) is 30.5 Å². The summed E-state index contributed by atoms with van der Waals surface area (Å²) in [4.78, 5) is 14.9. The topological polar surface area (TPSA) is 78.8 Å². The van der Waals surface area contributed by atoms with E-state index in [-0.39, 0.29) is 22.8 Å². The van der Waals surface area contributed by atoms with Crippen molar-refractivity contribution >= 4 is 21.8 Å². The van der Waals surface area contributed by atoms with Crippen molar-refractivity contribution < 1.29 is 13.2 Å². The van der Waals surface area contributed by atoms with Crippen molar-refractivity contribution in [2.75, 3.05) is 13.1 Å². The number of hydrogen-bond donors (Lipinski definition) is 1. The Labute approximate surface area is 168 Å². The van der Waals surface area contributed by atoms with E-state index in [0.29, 0.717) is 43.2 Å². The number of piperidine rings is 1. The number of nitrogens with zero attached hydrogens (tertiary/aromatic N) is 2. The SMILES string of the molecule is CC(C)CCC[C@@H](C)NC(=O)C1CCN(C2=NS(=O)(=O)c3ccccc32)CC1. The molecule has 6 nitrogen and oxygen atoms in total. The Bertz CT molecular complexity index is 840. The first-order valence-corrected chi connectivity index (χ1v) is 11.7. The van der Waals surface area contributed by atoms with Crippen LogP contribution in [0.15, 0.2) is 33.6 Å². The molecule has 1 N–H and O–H groups in total. The zero-order valence-corrected chi connectivity index (χ0v) is 17.8. The van der Waals surface area contributed by atoms with Gasteiger partial charge in [-0.25, -0.2) is 0 Å². The van der Waals surface area contributed by atoms with Gasteiger partial charge in [-0.05, 0) is 44.2 Å². The molecule has 154 valence electrons. The number of amidine groups is 1. The molecule has 0 aromatic heterocycles. The molecule has 1 amide bonds. The average Bonchev–Trinajstić information content (AvgIpc) is 2.93. The molecule has 0 bridgehead atoms. The Kier molecular flexibility index (Phi) is 6.43. The van der Waals surface area contributed by atoms with Gasteiger partial charge in [-0.2, -0.15) is 8.42 Å². The quantitative estimate of drug-likeness (QED) is 0.788. The van der Waals surface area contributed by atoms with E-state index in [1.54, 1.807) is 18.2 Å². The third-order valence-electron chi connectivity index (χ3n) is 5.59. The Balaban J connectivity index is 1.53. The molecule has 28 heavy (non-hydrogen) atoms. The highest BCUT2D eigenvalue weighted by Crippen LogP contribution is 2.29. The standard InChI is InChI=1S/C21H31N3O3S/c1-15(2)7-6-8-16(3)22-21(25)17-11-13-24(14-12-17)20-18-9-4-5-10-19(18)28(26,27)23-20/h4-5,9-10,15-17H,6-8,11-14H2,1-3H3,(H,22,25)/t16-/m1/s1. The van der Waals surface area contributed by atoms with E-state index in [0.717, 1.165) is 12.8 Å². The third kappa shape index (κ3) is 4.74. The lowest BCUT2D eigenvalue weighted by molar-refractivity contribution is -0.126. The van der Waals surface area contributed by atoms with Crippen molar-refractivity contribution in [3.8, 4) is 0 Å². The van der Waals surface area contributed by atoms with Crippen LogP contribution in [0.2, 0.25) is 0 Å². The van der Waals surface area contributed by atoms with E-state index in [9.17, 15) is 13.2 Å². The van der Waals surface area contributed by atoms with Crippen LogP contribution in [0.1, 0.15) is 58.4 Å². The second-order valence-corrected chi connectivity index (χ2v) is 9.95. The lowest BCUT2D eigenvalue weighted by Crippen LogP contribution is -2.44. The van der Waals surface area contributed by atoms with E-state index in [1.807, 2.05) is 11.0 Å². The highest BCUT2D eigenvalue weighted by Gasteiger charge is 2.34. The van der Waals surface area contributed by atoms with E-state index in [1.165, 1.54) is 6.42 Å². The summed E-state index contributed by atoms with van der Waals surface area (Å²) in [7, 11) is -3.60. The lowest BCUT2D eigenvalue weighted by Gasteiger charge is -2.33. The van der Waals surface area contributed by atoms with Crippen LogP contribution in [0.25, 0.3) is 0 Å². The molecule has 7 heteroatoms. The number of carbonyl (C=O) groups is 1. The average molecular weight is 406 g/mol. The molecule has 0 unspecified atom stereocenters. The van der Waals surface area contributed by atoms with Crippen LogP contribution in [-0.4, -0.2) is 44.2 Å². The predicted molar refractivity (Wildman–Crippen MR) is 111 cm³/mol. The summed E-state index contributed by atoms with van der Waals surface area (Å²) in [5.74, 6) is 1.33. The number of likely N-dealkylation sites (tertiary alicyclic amines) is 1. The minimum atomic E-state index is -3.60. The minimum absolute atomic E-state index is 0.0161. The van der Waals surface area contributed by atoms with Gasteiger partial charge in [-0.1, -0.05) is 38.8 Å². The fourth-order valence-electron chi connectivity index (χ4n) is 3.94. The van der Waals surface area contributed by atoms with Gasteiger partial charge in [-0.3, -0.25) is 4.79 Å². The summed E-state index contributed by atoms with van der Waals surface area (Å²) in [6.45, 7) is 7.79. The van der Waals surface area contributed by atoms with Gasteiger partial charge in [0.2, 0.25) is 5.91 Å². The highest BCUT2D eigenvalue weighted by atomic mass is 32.2. The molecule has 1 atom stereocenters. The first-order valence-electron chi connectivity index (χ1n) is 10.3. The molecular formula is C21H31N3O3S. The first-order chi connectivity index (χ1) is 13.3. The number of sulfonamides is 1. The van der Waals surface area contributed by atoms with Crippen LogP contribution in [0.5, 0.6) is 0 Å². The number of amides is 1. The molecule has 2 aliphatic rings. The van der Waals surface area contributed by atoms with Gasteiger partial charge >= 0.3 is 0 Å². The fraction of sp³-hybridized carbons (Fsp3) is 0.619. The maximum atomic E-state index is 12.6. The van der Waals surface area contributed by atoms with Crippen molar-refractivity contribution in [1.29, 1.82) is 0 Å². The zero-order chi connectivity index (χ0) is 20.3. The van der Waals surface area contributed by atoms with Crippen molar-refractivity contribution in [2.24, 2.45) is 16.2 Å². The number of hydrogen-bond acceptors (Lipinski definition) is 4. The molecule has 2 aliphatic heterocycles. The van der Waals surface area contributed by atoms with Crippen LogP contribution in [-0.2, 0) is 14.8 Å². The van der Waals surface area contributed by atoms with Crippen LogP contribution in [0, 0.1) is 11.8 Å². The Morgan fingerprint density at radius 2 is 1.86 bits per heavy atom. The van der Waals surface area contributed by atoms with Gasteiger partial charge in [0.05, 0.1) is 0 Å². The van der Waals surface area contributed by atoms with E-state index < -0.39 is 10.0 Å². The summed E-state index contributed by atoms with van der Waals surface area (Å²) >= 11 is 0. The predicted octanol–water partition coefficient (Wildman–Crippen LogP) is 3.18. The largest absolute Gasteiger partial charge is 0.355 e. The summed E-state index contributed by atoms with van der Waals surface area (Å²) < 4.78 is 28.5. The van der Waals surface area contributed by atoms with Crippen LogP contribution < -0.4 is 5.32 Å². The molecule has 1 fully saturated rings. The van der Waals surface area contributed by atoms with Gasteiger partial charge in [0, 0.05) is 30.6 Å². The Hall–Kier alpha value is -1.89. The molecule has 3 rings (SSSR count). The number of fused-ring (bicyclic) bond motifs is 1. The van der Waals surface area contributed by atoms with Crippen molar-refractivity contribution in [3.63, 3.8) is 0 Å². The number of carbonyl (C=O) groups excluding carboxylic acids is 1. The second-order valence-electron chi connectivity index (χ2n) is 8.38. The van der Waals surface area contributed by atoms with Crippen molar-refractivity contribution in [2.45, 2.75) is 63.8 Å². The third-order valence-corrected chi connectivity index (χ3v) is 6.91. The Morgan fingerprint density at radius 3 is 2.54 bits per heavy atom. The number of rotatable bonds is 6. The smallest absolute Gasteiger partial charge is 0.285 e.